The van der Waals surface area contributed by atoms with Gasteiger partial charge in [0, 0.05) is 26.1 Å². The minimum Gasteiger partial charge on any atom is -0.408 e. The molecule has 0 atom stereocenters. The molecule has 0 fully saturated rings. The summed E-state index contributed by atoms with van der Waals surface area (Å²) in [6.45, 7) is 9.84. The highest BCUT2D eigenvalue weighted by atomic mass is 16.4. The van der Waals surface area contributed by atoms with Crippen molar-refractivity contribution in [2.75, 3.05) is 25.4 Å². The minimum absolute atomic E-state index is 0.115. The van der Waals surface area contributed by atoms with Crippen LogP contribution < -0.4 is 5.73 Å². The Hall–Kier alpha value is -1.62. The second-order valence-electron chi connectivity index (χ2n) is 3.12. The minimum atomic E-state index is 0.115. The van der Waals surface area contributed by atoms with Crippen LogP contribution in [-0.2, 0) is 6.42 Å². The largest absolute Gasteiger partial charge is 0.408 e. The van der Waals surface area contributed by atoms with Gasteiger partial charge in [-0.1, -0.05) is 17.3 Å². The maximum Gasteiger partial charge on any atom is 0.312 e. The molecule has 0 unspecified atom stereocenters. The van der Waals surface area contributed by atoms with Crippen molar-refractivity contribution in [3.8, 4) is 0 Å². The van der Waals surface area contributed by atoms with Crippen molar-refractivity contribution in [3.05, 3.63) is 31.2 Å². The molecule has 0 spiro atoms. The van der Waals surface area contributed by atoms with Gasteiger partial charge in [-0.05, 0) is 0 Å². The molecule has 0 aromatic carbocycles. The molecule has 0 saturated heterocycles. The van der Waals surface area contributed by atoms with E-state index >= 15 is 0 Å². The van der Waals surface area contributed by atoms with E-state index in [1.165, 1.54) is 0 Å². The predicted octanol–water partition coefficient (Wildman–Crippen LogP) is 0.868. The van der Waals surface area contributed by atoms with Gasteiger partial charge in [-0.2, -0.15) is 0 Å². The lowest BCUT2D eigenvalue weighted by atomic mass is 10.3. The number of hydrogen-bond acceptors (Lipinski definition) is 5. The topological polar surface area (TPSA) is 68.2 Å². The lowest BCUT2D eigenvalue weighted by molar-refractivity contribution is 0.326. The van der Waals surface area contributed by atoms with Crippen molar-refractivity contribution in [2.24, 2.45) is 0 Å². The van der Waals surface area contributed by atoms with E-state index in [1.54, 1.807) is 0 Å². The van der Waals surface area contributed by atoms with Crippen LogP contribution in [0, 0.1) is 0 Å². The first-order valence-corrected chi connectivity index (χ1v) is 4.78. The number of anilines is 1. The van der Waals surface area contributed by atoms with Gasteiger partial charge < -0.3 is 10.2 Å². The third-order valence-electron chi connectivity index (χ3n) is 1.90. The summed E-state index contributed by atoms with van der Waals surface area (Å²) >= 11 is 0. The van der Waals surface area contributed by atoms with Crippen molar-refractivity contribution in [2.45, 2.75) is 6.42 Å². The second kappa shape index (κ2) is 5.98. The molecule has 0 saturated carbocycles. The van der Waals surface area contributed by atoms with Gasteiger partial charge in [0.25, 0.3) is 0 Å². The Labute approximate surface area is 89.3 Å². The zero-order valence-corrected chi connectivity index (χ0v) is 8.72. The third-order valence-corrected chi connectivity index (χ3v) is 1.90. The summed E-state index contributed by atoms with van der Waals surface area (Å²) in [5.74, 6) is 0.561. The number of rotatable bonds is 7. The summed E-state index contributed by atoms with van der Waals surface area (Å²) in [7, 11) is 0. The average Bonchev–Trinajstić information content (AvgIpc) is 2.61. The summed E-state index contributed by atoms with van der Waals surface area (Å²) in [6.07, 6.45) is 4.39. The van der Waals surface area contributed by atoms with Crippen LogP contribution in [0.15, 0.2) is 29.7 Å². The summed E-state index contributed by atoms with van der Waals surface area (Å²) in [4.78, 5) is 2.17. The van der Waals surface area contributed by atoms with Crippen LogP contribution in [0.3, 0.4) is 0 Å². The summed E-state index contributed by atoms with van der Waals surface area (Å²) in [5.41, 5.74) is 5.32. The lowest BCUT2D eigenvalue weighted by Crippen LogP contribution is -2.26. The smallest absolute Gasteiger partial charge is 0.312 e. The molecule has 0 aliphatic rings. The van der Waals surface area contributed by atoms with E-state index in [2.05, 4.69) is 28.3 Å². The van der Waals surface area contributed by atoms with Crippen molar-refractivity contribution in [3.63, 3.8) is 0 Å². The molecule has 1 aromatic rings. The van der Waals surface area contributed by atoms with E-state index in [1.807, 2.05) is 12.2 Å². The maximum absolute atomic E-state index is 5.32. The zero-order valence-electron chi connectivity index (χ0n) is 8.72. The van der Waals surface area contributed by atoms with Gasteiger partial charge in [0.05, 0.1) is 0 Å². The predicted molar refractivity (Wildman–Crippen MR) is 59.2 cm³/mol. The third kappa shape index (κ3) is 3.95. The van der Waals surface area contributed by atoms with Gasteiger partial charge in [0.15, 0.2) is 0 Å². The fourth-order valence-corrected chi connectivity index (χ4v) is 1.24. The molecule has 82 valence electrons. The Morgan fingerprint density at radius 3 is 2.40 bits per heavy atom. The van der Waals surface area contributed by atoms with Gasteiger partial charge in [-0.25, -0.2) is 0 Å². The Morgan fingerprint density at radius 1 is 1.27 bits per heavy atom. The first kappa shape index (κ1) is 11.5. The average molecular weight is 208 g/mol. The van der Waals surface area contributed by atoms with Crippen LogP contribution in [0.4, 0.5) is 6.01 Å². The lowest BCUT2D eigenvalue weighted by Gasteiger charge is -2.16. The SMILES string of the molecule is C=CCN(CC=C)CCc1nnc(N)o1. The van der Waals surface area contributed by atoms with E-state index in [0.29, 0.717) is 12.3 Å². The van der Waals surface area contributed by atoms with E-state index in [0.717, 1.165) is 19.6 Å². The van der Waals surface area contributed by atoms with Crippen molar-refractivity contribution >= 4 is 6.01 Å². The summed E-state index contributed by atoms with van der Waals surface area (Å²) in [6, 6.07) is 0.115. The van der Waals surface area contributed by atoms with Crippen molar-refractivity contribution in [1.82, 2.24) is 15.1 Å². The Kier molecular flexibility index (Phi) is 4.56. The van der Waals surface area contributed by atoms with Crippen LogP contribution >= 0.6 is 0 Å². The molecule has 0 aliphatic carbocycles. The standard InChI is InChI=1S/C10H16N4O/c1-3-6-14(7-4-2)8-5-9-12-13-10(11)15-9/h3-4H,1-2,5-8H2,(H2,11,13). The molecule has 1 rings (SSSR count). The Balaban J connectivity index is 2.38. The second-order valence-corrected chi connectivity index (χ2v) is 3.12. The van der Waals surface area contributed by atoms with Crippen LogP contribution in [0.5, 0.6) is 0 Å². The fraction of sp³-hybridized carbons (Fsp3) is 0.400. The first-order chi connectivity index (χ1) is 7.26. The normalized spacial score (nSPS) is 10.5. The molecule has 2 N–H and O–H groups in total. The molecule has 1 heterocycles. The maximum atomic E-state index is 5.32. The van der Waals surface area contributed by atoms with E-state index in [4.69, 9.17) is 10.2 Å². The first-order valence-electron chi connectivity index (χ1n) is 4.78. The van der Waals surface area contributed by atoms with Crippen molar-refractivity contribution in [1.29, 1.82) is 0 Å². The molecule has 5 heteroatoms. The van der Waals surface area contributed by atoms with Crippen LogP contribution in [0.1, 0.15) is 5.89 Å². The highest BCUT2D eigenvalue weighted by molar-refractivity contribution is 5.04. The number of aromatic nitrogens is 2. The molecule has 0 radical (unpaired) electrons. The van der Waals surface area contributed by atoms with Gasteiger partial charge in [-0.15, -0.1) is 18.3 Å². The van der Waals surface area contributed by atoms with Gasteiger partial charge in [-0.3, -0.25) is 4.90 Å². The molecular formula is C10H16N4O. The molecule has 0 bridgehead atoms. The molecule has 1 aromatic heterocycles. The summed E-state index contributed by atoms with van der Waals surface area (Å²) < 4.78 is 5.07. The van der Waals surface area contributed by atoms with Crippen LogP contribution in [0.2, 0.25) is 0 Å². The number of nitrogens with two attached hydrogens (primary N) is 1. The van der Waals surface area contributed by atoms with Gasteiger partial charge in [0.1, 0.15) is 0 Å². The van der Waals surface area contributed by atoms with Crippen LogP contribution in [0.25, 0.3) is 0 Å². The van der Waals surface area contributed by atoms with Crippen molar-refractivity contribution < 1.29 is 4.42 Å². The highest BCUT2D eigenvalue weighted by Crippen LogP contribution is 2.02. The molecule has 5 nitrogen and oxygen atoms in total. The van der Waals surface area contributed by atoms with E-state index in [-0.39, 0.29) is 6.01 Å². The van der Waals surface area contributed by atoms with E-state index in [9.17, 15) is 0 Å². The monoisotopic (exact) mass is 208 g/mol. The molecular weight excluding hydrogens is 192 g/mol. The summed E-state index contributed by atoms with van der Waals surface area (Å²) in [5, 5.41) is 7.38. The number of nitrogens with zero attached hydrogens (tertiary/aromatic N) is 3. The van der Waals surface area contributed by atoms with E-state index < -0.39 is 0 Å². The number of nitrogen functional groups attached to an aromatic ring is 1. The highest BCUT2D eigenvalue weighted by Gasteiger charge is 2.06. The molecule has 0 aliphatic heterocycles. The van der Waals surface area contributed by atoms with Crippen LogP contribution in [-0.4, -0.2) is 34.7 Å². The van der Waals surface area contributed by atoms with Gasteiger partial charge >= 0.3 is 6.01 Å². The Morgan fingerprint density at radius 2 is 1.93 bits per heavy atom. The fourth-order valence-electron chi connectivity index (χ4n) is 1.24. The zero-order chi connectivity index (χ0) is 11.1. The molecule has 0 amide bonds. The molecule has 15 heavy (non-hydrogen) atoms. The quantitative estimate of drug-likeness (QED) is 0.673. The van der Waals surface area contributed by atoms with Gasteiger partial charge in [0.2, 0.25) is 5.89 Å². The Bertz CT molecular complexity index is 311. The number of hydrogen-bond donors (Lipinski definition) is 1.